The van der Waals surface area contributed by atoms with Gasteiger partial charge in [-0.2, -0.15) is 0 Å². The number of carbonyl (C=O) groups is 1. The van der Waals surface area contributed by atoms with Crippen molar-refractivity contribution >= 4 is 17.6 Å². The van der Waals surface area contributed by atoms with Gasteiger partial charge in [-0.1, -0.05) is 11.6 Å². The zero-order valence-electron chi connectivity index (χ0n) is 10.0. The third-order valence-electron chi connectivity index (χ3n) is 3.11. The quantitative estimate of drug-likeness (QED) is 0.891. The molecule has 2 rings (SSSR count). The molecule has 0 amide bonds. The lowest BCUT2D eigenvalue weighted by molar-refractivity contribution is -0.142. The van der Waals surface area contributed by atoms with Crippen molar-refractivity contribution in [2.75, 3.05) is 19.7 Å². The Morgan fingerprint density at radius 3 is 2.83 bits per heavy atom. The van der Waals surface area contributed by atoms with E-state index in [4.69, 9.17) is 21.4 Å². The van der Waals surface area contributed by atoms with Gasteiger partial charge in [0.15, 0.2) is 0 Å². The predicted octanol–water partition coefficient (Wildman–Crippen LogP) is 2.27. The number of halogens is 1. The summed E-state index contributed by atoms with van der Waals surface area (Å²) in [5.74, 6) is 0.0180. The standard InChI is InChI=1S/C13H16ClNO3/c14-10-3-5-11(6-4-10)18-9-8-15-7-1-2-12(15)13(16)17/h3-6,12H,1-2,7-9H2,(H,16,17). The average Bonchev–Trinajstić information content (AvgIpc) is 2.80. The molecule has 0 aliphatic carbocycles. The Labute approximate surface area is 111 Å². The molecule has 18 heavy (non-hydrogen) atoms. The second-order valence-electron chi connectivity index (χ2n) is 4.33. The van der Waals surface area contributed by atoms with Gasteiger partial charge in [0.25, 0.3) is 0 Å². The van der Waals surface area contributed by atoms with E-state index in [-0.39, 0.29) is 6.04 Å². The van der Waals surface area contributed by atoms with Crippen LogP contribution >= 0.6 is 11.6 Å². The van der Waals surface area contributed by atoms with Gasteiger partial charge >= 0.3 is 5.97 Å². The first kappa shape index (κ1) is 13.2. The minimum absolute atomic E-state index is 0.348. The van der Waals surface area contributed by atoms with Crippen molar-refractivity contribution in [2.45, 2.75) is 18.9 Å². The van der Waals surface area contributed by atoms with Gasteiger partial charge in [0.1, 0.15) is 18.4 Å². The van der Waals surface area contributed by atoms with E-state index in [1.54, 1.807) is 24.3 Å². The smallest absolute Gasteiger partial charge is 0.320 e. The highest BCUT2D eigenvalue weighted by molar-refractivity contribution is 6.30. The van der Waals surface area contributed by atoms with Crippen LogP contribution in [0.2, 0.25) is 5.02 Å². The van der Waals surface area contributed by atoms with Crippen molar-refractivity contribution < 1.29 is 14.6 Å². The summed E-state index contributed by atoms with van der Waals surface area (Å²) in [7, 11) is 0. The van der Waals surface area contributed by atoms with Crippen molar-refractivity contribution in [3.05, 3.63) is 29.3 Å². The van der Waals surface area contributed by atoms with Crippen LogP contribution in [0.15, 0.2) is 24.3 Å². The van der Waals surface area contributed by atoms with E-state index >= 15 is 0 Å². The number of carboxylic acid groups (broad SMARTS) is 1. The summed E-state index contributed by atoms with van der Waals surface area (Å²) in [6, 6.07) is 6.81. The molecule has 0 saturated carbocycles. The minimum Gasteiger partial charge on any atom is -0.492 e. The maximum atomic E-state index is 11.0. The van der Waals surface area contributed by atoms with Crippen molar-refractivity contribution in [3.63, 3.8) is 0 Å². The van der Waals surface area contributed by atoms with Gasteiger partial charge in [0.2, 0.25) is 0 Å². The maximum absolute atomic E-state index is 11.0. The lowest BCUT2D eigenvalue weighted by Gasteiger charge is -2.20. The van der Waals surface area contributed by atoms with E-state index in [9.17, 15) is 4.79 Å². The summed E-state index contributed by atoms with van der Waals surface area (Å²) in [4.78, 5) is 12.9. The summed E-state index contributed by atoms with van der Waals surface area (Å²) in [5, 5.41) is 9.71. The van der Waals surface area contributed by atoms with E-state index in [1.807, 2.05) is 4.90 Å². The second-order valence-corrected chi connectivity index (χ2v) is 4.77. The van der Waals surface area contributed by atoms with Crippen molar-refractivity contribution in [1.82, 2.24) is 4.90 Å². The zero-order chi connectivity index (χ0) is 13.0. The highest BCUT2D eigenvalue weighted by atomic mass is 35.5. The predicted molar refractivity (Wildman–Crippen MR) is 69.2 cm³/mol. The molecule has 1 aromatic carbocycles. The first-order valence-electron chi connectivity index (χ1n) is 6.02. The van der Waals surface area contributed by atoms with Crippen LogP contribution in [-0.2, 0) is 4.79 Å². The van der Waals surface area contributed by atoms with Crippen LogP contribution in [0.25, 0.3) is 0 Å². The van der Waals surface area contributed by atoms with Crippen LogP contribution < -0.4 is 4.74 Å². The van der Waals surface area contributed by atoms with Gasteiger partial charge in [-0.3, -0.25) is 9.69 Å². The van der Waals surface area contributed by atoms with Crippen LogP contribution in [0.4, 0.5) is 0 Å². The number of hydrogen-bond donors (Lipinski definition) is 1. The first-order chi connectivity index (χ1) is 8.66. The number of carboxylic acids is 1. The van der Waals surface area contributed by atoms with Crippen LogP contribution in [0.5, 0.6) is 5.75 Å². The summed E-state index contributed by atoms with van der Waals surface area (Å²) in [6.45, 7) is 1.96. The van der Waals surface area contributed by atoms with E-state index < -0.39 is 5.97 Å². The Kier molecular flexibility index (Phi) is 4.44. The van der Waals surface area contributed by atoms with E-state index in [0.717, 1.165) is 25.1 Å². The molecule has 1 fully saturated rings. The molecule has 1 atom stereocenters. The molecule has 1 unspecified atom stereocenters. The Hall–Kier alpha value is -1.26. The number of likely N-dealkylation sites (tertiary alicyclic amines) is 1. The number of hydrogen-bond acceptors (Lipinski definition) is 3. The molecule has 1 aliphatic rings. The Morgan fingerprint density at radius 2 is 2.17 bits per heavy atom. The van der Waals surface area contributed by atoms with Gasteiger partial charge in [-0.25, -0.2) is 0 Å². The lowest BCUT2D eigenvalue weighted by atomic mass is 10.2. The van der Waals surface area contributed by atoms with Crippen molar-refractivity contribution in [1.29, 1.82) is 0 Å². The molecule has 0 spiro atoms. The van der Waals surface area contributed by atoms with E-state index in [2.05, 4.69) is 0 Å². The summed E-state index contributed by atoms with van der Waals surface area (Å²) >= 11 is 5.77. The molecule has 5 heteroatoms. The third-order valence-corrected chi connectivity index (χ3v) is 3.36. The van der Waals surface area contributed by atoms with Crippen molar-refractivity contribution in [2.24, 2.45) is 0 Å². The molecule has 1 aromatic rings. The molecule has 1 N–H and O–H groups in total. The molecule has 0 aromatic heterocycles. The number of rotatable bonds is 5. The Balaban J connectivity index is 1.78. The van der Waals surface area contributed by atoms with E-state index in [0.29, 0.717) is 18.2 Å². The molecule has 1 aliphatic heterocycles. The van der Waals surface area contributed by atoms with Crippen LogP contribution in [0.3, 0.4) is 0 Å². The monoisotopic (exact) mass is 269 g/mol. The normalized spacial score (nSPS) is 19.9. The molecule has 98 valence electrons. The lowest BCUT2D eigenvalue weighted by Crippen LogP contribution is -2.38. The van der Waals surface area contributed by atoms with Gasteiger partial charge in [-0.05, 0) is 43.7 Å². The van der Waals surface area contributed by atoms with Gasteiger partial charge in [-0.15, -0.1) is 0 Å². The second kappa shape index (κ2) is 6.07. The Bertz CT molecular complexity index is 407. The first-order valence-corrected chi connectivity index (χ1v) is 6.40. The molecular weight excluding hydrogens is 254 g/mol. The fourth-order valence-corrected chi connectivity index (χ4v) is 2.31. The summed E-state index contributed by atoms with van der Waals surface area (Å²) in [5.41, 5.74) is 0. The highest BCUT2D eigenvalue weighted by Crippen LogP contribution is 2.18. The molecular formula is C13H16ClNO3. The zero-order valence-corrected chi connectivity index (χ0v) is 10.8. The molecule has 4 nitrogen and oxygen atoms in total. The number of nitrogens with zero attached hydrogens (tertiary/aromatic N) is 1. The molecule has 0 bridgehead atoms. The number of aliphatic carboxylic acids is 1. The largest absolute Gasteiger partial charge is 0.492 e. The molecule has 0 radical (unpaired) electrons. The number of ether oxygens (including phenoxy) is 1. The topological polar surface area (TPSA) is 49.8 Å². The van der Waals surface area contributed by atoms with Gasteiger partial charge < -0.3 is 9.84 Å². The number of benzene rings is 1. The minimum atomic E-state index is -0.737. The van der Waals surface area contributed by atoms with Crippen LogP contribution in [-0.4, -0.2) is 41.7 Å². The molecule has 1 saturated heterocycles. The average molecular weight is 270 g/mol. The Morgan fingerprint density at radius 1 is 1.44 bits per heavy atom. The third kappa shape index (κ3) is 3.37. The highest BCUT2D eigenvalue weighted by Gasteiger charge is 2.29. The fourth-order valence-electron chi connectivity index (χ4n) is 2.19. The van der Waals surface area contributed by atoms with Crippen LogP contribution in [0.1, 0.15) is 12.8 Å². The van der Waals surface area contributed by atoms with E-state index in [1.165, 1.54) is 0 Å². The molecule has 1 heterocycles. The van der Waals surface area contributed by atoms with Crippen LogP contribution in [0, 0.1) is 0 Å². The van der Waals surface area contributed by atoms with Gasteiger partial charge in [0, 0.05) is 11.6 Å². The SMILES string of the molecule is O=C(O)C1CCCN1CCOc1ccc(Cl)cc1. The fraction of sp³-hybridized carbons (Fsp3) is 0.462. The van der Waals surface area contributed by atoms with Crippen molar-refractivity contribution in [3.8, 4) is 5.75 Å². The van der Waals surface area contributed by atoms with Gasteiger partial charge in [0.05, 0.1) is 0 Å². The summed E-state index contributed by atoms with van der Waals surface area (Å²) < 4.78 is 5.56. The summed E-state index contributed by atoms with van der Waals surface area (Å²) in [6.07, 6.45) is 1.67. The maximum Gasteiger partial charge on any atom is 0.320 e.